The maximum absolute atomic E-state index is 12.3. The number of thioether (sulfide) groups is 1. The smallest absolute Gasteiger partial charge is 0.287 e. The van der Waals surface area contributed by atoms with Crippen molar-refractivity contribution >= 4 is 17.7 Å². The zero-order chi connectivity index (χ0) is 16.2. The van der Waals surface area contributed by atoms with E-state index in [-0.39, 0.29) is 11.9 Å². The summed E-state index contributed by atoms with van der Waals surface area (Å²) < 4.78 is 7.64. The Morgan fingerprint density at radius 1 is 1.39 bits per heavy atom. The first kappa shape index (κ1) is 16.2. The van der Waals surface area contributed by atoms with Crippen LogP contribution in [0.25, 0.3) is 0 Å². The summed E-state index contributed by atoms with van der Waals surface area (Å²) in [6.07, 6.45) is 8.19. The summed E-state index contributed by atoms with van der Waals surface area (Å²) in [7, 11) is 1.96. The van der Waals surface area contributed by atoms with Gasteiger partial charge in [-0.05, 0) is 43.7 Å². The Morgan fingerprint density at radius 2 is 2.17 bits per heavy atom. The van der Waals surface area contributed by atoms with Crippen molar-refractivity contribution in [3.05, 3.63) is 36.0 Å². The molecule has 0 aliphatic heterocycles. The largest absolute Gasteiger partial charge is 0.455 e. The zero-order valence-corrected chi connectivity index (χ0v) is 14.4. The normalized spacial score (nSPS) is 21.3. The van der Waals surface area contributed by atoms with E-state index < -0.39 is 0 Å². The Kier molecular flexibility index (Phi) is 5.10. The predicted molar refractivity (Wildman–Crippen MR) is 90.4 cm³/mol. The first-order valence-corrected chi connectivity index (χ1v) is 9.10. The lowest BCUT2D eigenvalue weighted by molar-refractivity contribution is 0.0893. The van der Waals surface area contributed by atoms with E-state index in [1.165, 1.54) is 12.8 Å². The Labute approximate surface area is 140 Å². The minimum absolute atomic E-state index is 0.0993. The summed E-state index contributed by atoms with van der Waals surface area (Å²) in [5.41, 5.74) is 0. The number of furan rings is 1. The van der Waals surface area contributed by atoms with E-state index in [9.17, 15) is 4.79 Å². The summed E-state index contributed by atoms with van der Waals surface area (Å²) in [6, 6.07) is 3.91. The number of aromatic nitrogens is 2. The Morgan fingerprint density at radius 3 is 2.87 bits per heavy atom. The average molecular weight is 333 g/mol. The molecular weight excluding hydrogens is 310 g/mol. The number of nitrogens with zero attached hydrogens (tertiary/aromatic N) is 2. The fourth-order valence-corrected chi connectivity index (χ4v) is 3.69. The monoisotopic (exact) mass is 333 g/mol. The van der Waals surface area contributed by atoms with Gasteiger partial charge in [0.25, 0.3) is 5.91 Å². The highest BCUT2D eigenvalue weighted by molar-refractivity contribution is 7.98. The van der Waals surface area contributed by atoms with E-state index >= 15 is 0 Å². The molecule has 2 aromatic rings. The van der Waals surface area contributed by atoms with Crippen LogP contribution in [0.4, 0.5) is 0 Å². The number of hydrogen-bond acceptors (Lipinski definition) is 4. The van der Waals surface area contributed by atoms with E-state index in [1.54, 1.807) is 24.0 Å². The summed E-state index contributed by atoms with van der Waals surface area (Å²) in [5.74, 6) is 2.54. The van der Waals surface area contributed by atoms with Gasteiger partial charge >= 0.3 is 0 Å². The van der Waals surface area contributed by atoms with Crippen LogP contribution in [0.3, 0.4) is 0 Å². The van der Waals surface area contributed by atoms with Gasteiger partial charge in [0, 0.05) is 25.5 Å². The van der Waals surface area contributed by atoms with Gasteiger partial charge in [0.2, 0.25) is 0 Å². The van der Waals surface area contributed by atoms with Gasteiger partial charge in [-0.3, -0.25) is 4.79 Å². The van der Waals surface area contributed by atoms with Crippen molar-refractivity contribution in [3.63, 3.8) is 0 Å². The number of hydrogen-bond donors (Lipinski definition) is 1. The summed E-state index contributed by atoms with van der Waals surface area (Å²) in [4.78, 5) is 16.5. The summed E-state index contributed by atoms with van der Waals surface area (Å²) >= 11 is 1.59. The van der Waals surface area contributed by atoms with Crippen LogP contribution in [0, 0.1) is 5.92 Å². The Bertz CT molecular complexity index is 656. The molecule has 6 heteroatoms. The van der Waals surface area contributed by atoms with Gasteiger partial charge in [0.05, 0.1) is 5.75 Å². The van der Waals surface area contributed by atoms with E-state index in [0.29, 0.717) is 11.5 Å². The molecule has 1 fully saturated rings. The van der Waals surface area contributed by atoms with E-state index in [1.807, 2.05) is 23.9 Å². The summed E-state index contributed by atoms with van der Waals surface area (Å²) in [6.45, 7) is 2.27. The van der Waals surface area contributed by atoms with Crippen molar-refractivity contribution in [1.82, 2.24) is 14.9 Å². The maximum Gasteiger partial charge on any atom is 0.287 e. The lowest BCUT2D eigenvalue weighted by atomic mass is 9.87. The van der Waals surface area contributed by atoms with Crippen LogP contribution < -0.4 is 5.32 Å². The number of rotatable bonds is 5. The second-order valence-electron chi connectivity index (χ2n) is 6.31. The van der Waals surface area contributed by atoms with Crippen molar-refractivity contribution in [2.24, 2.45) is 13.0 Å². The topological polar surface area (TPSA) is 60.1 Å². The maximum atomic E-state index is 12.3. The van der Waals surface area contributed by atoms with Crippen LogP contribution in [-0.2, 0) is 12.8 Å². The molecule has 2 aromatic heterocycles. The fourth-order valence-electron chi connectivity index (χ4n) is 2.87. The van der Waals surface area contributed by atoms with Gasteiger partial charge in [-0.15, -0.1) is 0 Å². The van der Waals surface area contributed by atoms with E-state index in [2.05, 4.69) is 17.2 Å². The van der Waals surface area contributed by atoms with Crippen molar-refractivity contribution in [1.29, 1.82) is 0 Å². The molecule has 2 heterocycles. The molecule has 1 N–H and O–H groups in total. The van der Waals surface area contributed by atoms with Gasteiger partial charge in [0.15, 0.2) is 10.9 Å². The molecule has 1 aliphatic rings. The van der Waals surface area contributed by atoms with Gasteiger partial charge in [-0.2, -0.15) is 0 Å². The molecule has 0 bridgehead atoms. The van der Waals surface area contributed by atoms with Crippen molar-refractivity contribution in [3.8, 4) is 0 Å². The third kappa shape index (κ3) is 4.19. The van der Waals surface area contributed by atoms with Gasteiger partial charge in [-0.25, -0.2) is 4.98 Å². The molecule has 23 heavy (non-hydrogen) atoms. The van der Waals surface area contributed by atoms with Crippen LogP contribution in [0.1, 0.15) is 48.9 Å². The van der Waals surface area contributed by atoms with Gasteiger partial charge in [0.1, 0.15) is 5.76 Å². The zero-order valence-electron chi connectivity index (χ0n) is 13.6. The number of carbonyl (C=O) groups is 1. The lowest BCUT2D eigenvalue weighted by Crippen LogP contribution is -2.37. The van der Waals surface area contributed by atoms with Gasteiger partial charge < -0.3 is 14.3 Å². The minimum atomic E-state index is -0.0993. The highest BCUT2D eigenvalue weighted by atomic mass is 32.2. The molecule has 1 aliphatic carbocycles. The third-order valence-corrected chi connectivity index (χ3v) is 5.44. The van der Waals surface area contributed by atoms with E-state index in [0.717, 1.165) is 29.7 Å². The quantitative estimate of drug-likeness (QED) is 0.849. The molecule has 124 valence electrons. The molecule has 1 saturated carbocycles. The van der Waals surface area contributed by atoms with Crippen molar-refractivity contribution in [2.75, 3.05) is 0 Å². The molecular formula is C17H23N3O2S. The van der Waals surface area contributed by atoms with Crippen LogP contribution in [0.2, 0.25) is 0 Å². The van der Waals surface area contributed by atoms with Crippen LogP contribution in [0.5, 0.6) is 0 Å². The standard InChI is InChI=1S/C17H23N3O2S/c1-12-3-5-13(6-4-12)19-16(21)15-8-7-14(22-15)11-23-17-18-9-10-20(17)2/h7-10,12-13H,3-6,11H2,1-2H3,(H,19,21). The molecule has 1 amide bonds. The second kappa shape index (κ2) is 7.25. The van der Waals surface area contributed by atoms with Crippen LogP contribution >= 0.6 is 11.8 Å². The molecule has 0 spiro atoms. The Hall–Kier alpha value is -1.69. The predicted octanol–water partition coefficient (Wildman–Crippen LogP) is 3.61. The molecule has 0 aromatic carbocycles. The highest BCUT2D eigenvalue weighted by Gasteiger charge is 2.21. The molecule has 0 radical (unpaired) electrons. The third-order valence-electron chi connectivity index (χ3n) is 4.36. The number of carbonyl (C=O) groups excluding carboxylic acids is 1. The number of amides is 1. The first-order valence-electron chi connectivity index (χ1n) is 8.11. The number of aryl methyl sites for hydroxylation is 1. The lowest BCUT2D eigenvalue weighted by Gasteiger charge is -2.26. The van der Waals surface area contributed by atoms with E-state index in [4.69, 9.17) is 4.42 Å². The molecule has 0 saturated heterocycles. The molecule has 5 nitrogen and oxygen atoms in total. The van der Waals surface area contributed by atoms with Crippen molar-refractivity contribution < 1.29 is 9.21 Å². The average Bonchev–Trinajstić information content (AvgIpc) is 3.16. The molecule has 3 rings (SSSR count). The number of imidazole rings is 1. The van der Waals surface area contributed by atoms with Gasteiger partial charge in [-0.1, -0.05) is 18.7 Å². The first-order chi connectivity index (χ1) is 11.1. The fraction of sp³-hybridized carbons (Fsp3) is 0.529. The minimum Gasteiger partial charge on any atom is -0.455 e. The van der Waals surface area contributed by atoms with Crippen molar-refractivity contribution in [2.45, 2.75) is 49.6 Å². The molecule has 0 atom stereocenters. The molecule has 0 unspecified atom stereocenters. The Balaban J connectivity index is 1.52. The highest BCUT2D eigenvalue weighted by Crippen LogP contribution is 2.24. The SMILES string of the molecule is CC1CCC(NC(=O)c2ccc(CSc3nccn3C)o2)CC1. The number of nitrogens with one attached hydrogen (secondary N) is 1. The van der Waals surface area contributed by atoms with Crippen LogP contribution in [-0.4, -0.2) is 21.5 Å². The summed E-state index contributed by atoms with van der Waals surface area (Å²) in [5, 5.41) is 4.03. The van der Waals surface area contributed by atoms with Crippen LogP contribution in [0.15, 0.2) is 34.1 Å². The second-order valence-corrected chi connectivity index (χ2v) is 7.25.